The van der Waals surface area contributed by atoms with Crippen LogP contribution < -0.4 is 10.5 Å². The molecule has 0 aliphatic carbocycles. The minimum Gasteiger partial charge on any atom is -0.330 e. The molecule has 4 nitrogen and oxygen atoms in total. The van der Waals surface area contributed by atoms with Gasteiger partial charge in [-0.2, -0.15) is 0 Å². The van der Waals surface area contributed by atoms with Crippen molar-refractivity contribution in [2.75, 3.05) is 11.3 Å². The van der Waals surface area contributed by atoms with Gasteiger partial charge in [0.15, 0.2) is 0 Å². The van der Waals surface area contributed by atoms with Crippen LogP contribution in [0.4, 0.5) is 5.69 Å². The van der Waals surface area contributed by atoms with Crippen molar-refractivity contribution in [1.82, 2.24) is 0 Å². The molecule has 3 N–H and O–H groups in total. The Morgan fingerprint density at radius 2 is 1.54 bits per heavy atom. The first kappa shape index (κ1) is 18.5. The third-order valence-electron chi connectivity index (χ3n) is 4.12. The summed E-state index contributed by atoms with van der Waals surface area (Å²) in [5.41, 5.74) is 8.29. The van der Waals surface area contributed by atoms with Crippen molar-refractivity contribution in [2.24, 2.45) is 5.73 Å². The Balaban J connectivity index is 1.88. The number of anilines is 1. The van der Waals surface area contributed by atoms with Crippen LogP contribution in [-0.4, -0.2) is 15.0 Å². The van der Waals surface area contributed by atoms with E-state index in [0.717, 1.165) is 11.1 Å². The molecule has 1 unspecified atom stereocenters. The molecule has 0 aliphatic heterocycles. The fourth-order valence-electron chi connectivity index (χ4n) is 2.81. The molecule has 0 spiro atoms. The minimum absolute atomic E-state index is 0.0523. The summed E-state index contributed by atoms with van der Waals surface area (Å²) in [6.45, 7) is 0.402. The molecule has 3 aromatic rings. The summed E-state index contributed by atoms with van der Waals surface area (Å²) in [6.07, 6.45) is 0. The molecule has 134 valence electrons. The Labute approximate surface area is 158 Å². The van der Waals surface area contributed by atoms with Gasteiger partial charge in [-0.15, -0.1) is 0 Å². The maximum atomic E-state index is 12.4. The third-order valence-corrected chi connectivity index (χ3v) is 5.84. The minimum atomic E-state index is -3.65. The molecular weight excluding hydrogens is 368 g/mol. The number of sulfonamides is 1. The van der Waals surface area contributed by atoms with Crippen LogP contribution in [0.1, 0.15) is 17.0 Å². The van der Waals surface area contributed by atoms with E-state index in [0.29, 0.717) is 17.3 Å². The average Bonchev–Trinajstić information content (AvgIpc) is 2.65. The number of halogens is 1. The molecule has 0 amide bonds. The predicted molar refractivity (Wildman–Crippen MR) is 106 cm³/mol. The maximum Gasteiger partial charge on any atom is 0.261 e. The zero-order valence-electron chi connectivity index (χ0n) is 14.0. The van der Waals surface area contributed by atoms with Crippen molar-refractivity contribution in [3.63, 3.8) is 0 Å². The molecule has 26 heavy (non-hydrogen) atoms. The van der Waals surface area contributed by atoms with Gasteiger partial charge in [-0.1, -0.05) is 66.2 Å². The summed E-state index contributed by atoms with van der Waals surface area (Å²) in [5, 5.41) is 0.470. The van der Waals surface area contributed by atoms with Crippen LogP contribution >= 0.6 is 11.6 Å². The molecule has 3 aromatic carbocycles. The zero-order valence-corrected chi connectivity index (χ0v) is 15.5. The van der Waals surface area contributed by atoms with E-state index in [4.69, 9.17) is 17.3 Å². The number of benzene rings is 3. The molecule has 0 fully saturated rings. The molecule has 0 radical (unpaired) electrons. The van der Waals surface area contributed by atoms with Crippen LogP contribution in [0.15, 0.2) is 83.8 Å². The van der Waals surface area contributed by atoms with Gasteiger partial charge < -0.3 is 5.73 Å². The van der Waals surface area contributed by atoms with E-state index < -0.39 is 10.0 Å². The molecule has 6 heteroatoms. The van der Waals surface area contributed by atoms with Crippen LogP contribution in [0.25, 0.3) is 0 Å². The predicted octanol–water partition coefficient (Wildman–Crippen LogP) is 4.23. The smallest absolute Gasteiger partial charge is 0.261 e. The number of rotatable bonds is 6. The second-order valence-corrected chi connectivity index (χ2v) is 7.94. The van der Waals surface area contributed by atoms with E-state index >= 15 is 0 Å². The molecule has 1 atom stereocenters. The van der Waals surface area contributed by atoms with Crippen LogP contribution in [0.5, 0.6) is 0 Å². The standard InChI is InChI=1S/C20H19ClN2O2S/c21-20-13-16(23-26(24,25)17-9-5-2-6-10-17)11-12-18(20)19(14-22)15-7-3-1-4-8-15/h1-13,19,23H,14,22H2. The monoisotopic (exact) mass is 386 g/mol. The quantitative estimate of drug-likeness (QED) is 0.665. The van der Waals surface area contributed by atoms with Gasteiger partial charge in [0.25, 0.3) is 10.0 Å². The fourth-order valence-corrected chi connectivity index (χ4v) is 4.20. The summed E-state index contributed by atoms with van der Waals surface area (Å²) in [4.78, 5) is 0.198. The van der Waals surface area contributed by atoms with E-state index in [9.17, 15) is 8.42 Å². The largest absolute Gasteiger partial charge is 0.330 e. The van der Waals surface area contributed by atoms with Crippen molar-refractivity contribution >= 4 is 27.3 Å². The number of hydrogen-bond donors (Lipinski definition) is 2. The Kier molecular flexibility index (Phi) is 5.61. The first-order valence-corrected chi connectivity index (χ1v) is 9.99. The molecule has 0 heterocycles. The molecule has 0 saturated carbocycles. The summed E-state index contributed by atoms with van der Waals surface area (Å²) in [5.74, 6) is -0.0523. The maximum absolute atomic E-state index is 12.4. The summed E-state index contributed by atoms with van der Waals surface area (Å²) >= 11 is 6.44. The summed E-state index contributed by atoms with van der Waals surface area (Å²) in [6, 6.07) is 23.2. The highest BCUT2D eigenvalue weighted by Gasteiger charge is 2.18. The van der Waals surface area contributed by atoms with Gasteiger partial charge in [0, 0.05) is 17.5 Å². The van der Waals surface area contributed by atoms with Gasteiger partial charge >= 0.3 is 0 Å². The fraction of sp³-hybridized carbons (Fsp3) is 0.100. The lowest BCUT2D eigenvalue weighted by Crippen LogP contribution is -2.15. The summed E-state index contributed by atoms with van der Waals surface area (Å²) in [7, 11) is -3.65. The topological polar surface area (TPSA) is 72.2 Å². The summed E-state index contributed by atoms with van der Waals surface area (Å²) < 4.78 is 27.4. The molecule has 0 aromatic heterocycles. The third kappa shape index (κ3) is 4.07. The van der Waals surface area contributed by atoms with E-state index in [2.05, 4.69) is 4.72 Å². The van der Waals surface area contributed by atoms with Crippen molar-refractivity contribution in [1.29, 1.82) is 0 Å². The van der Waals surface area contributed by atoms with Crippen LogP contribution in [-0.2, 0) is 10.0 Å². The highest BCUT2D eigenvalue weighted by atomic mass is 35.5. The highest BCUT2D eigenvalue weighted by molar-refractivity contribution is 7.92. The van der Waals surface area contributed by atoms with Gasteiger partial charge in [-0.05, 0) is 35.4 Å². The Morgan fingerprint density at radius 1 is 0.923 bits per heavy atom. The highest BCUT2D eigenvalue weighted by Crippen LogP contribution is 2.32. The SMILES string of the molecule is NCC(c1ccccc1)c1ccc(NS(=O)(=O)c2ccccc2)cc1Cl. The van der Waals surface area contributed by atoms with E-state index in [1.54, 1.807) is 30.3 Å². The molecule has 0 aliphatic rings. The van der Waals surface area contributed by atoms with E-state index in [1.165, 1.54) is 12.1 Å². The number of hydrogen-bond acceptors (Lipinski definition) is 3. The normalized spacial score (nSPS) is 12.5. The van der Waals surface area contributed by atoms with Crippen molar-refractivity contribution in [3.8, 4) is 0 Å². The van der Waals surface area contributed by atoms with Crippen LogP contribution in [0.3, 0.4) is 0 Å². The lowest BCUT2D eigenvalue weighted by molar-refractivity contribution is 0.601. The van der Waals surface area contributed by atoms with E-state index in [1.807, 2.05) is 36.4 Å². The second kappa shape index (κ2) is 7.91. The first-order chi connectivity index (χ1) is 12.5. The van der Waals surface area contributed by atoms with Crippen molar-refractivity contribution < 1.29 is 8.42 Å². The zero-order chi connectivity index (χ0) is 18.6. The van der Waals surface area contributed by atoms with E-state index in [-0.39, 0.29) is 10.8 Å². The van der Waals surface area contributed by atoms with Gasteiger partial charge in [0.2, 0.25) is 0 Å². The van der Waals surface area contributed by atoms with Crippen LogP contribution in [0, 0.1) is 0 Å². The Morgan fingerprint density at radius 3 is 2.12 bits per heavy atom. The van der Waals surface area contributed by atoms with Crippen molar-refractivity contribution in [2.45, 2.75) is 10.8 Å². The lowest BCUT2D eigenvalue weighted by atomic mass is 9.91. The molecule has 0 saturated heterocycles. The number of nitrogens with one attached hydrogen (secondary N) is 1. The first-order valence-electron chi connectivity index (χ1n) is 8.13. The van der Waals surface area contributed by atoms with Gasteiger partial charge in [-0.25, -0.2) is 8.42 Å². The Bertz CT molecular complexity index is 977. The van der Waals surface area contributed by atoms with Gasteiger partial charge in [0.05, 0.1) is 10.6 Å². The van der Waals surface area contributed by atoms with Gasteiger partial charge in [0.1, 0.15) is 0 Å². The second-order valence-electron chi connectivity index (χ2n) is 5.85. The molecular formula is C20H19ClN2O2S. The van der Waals surface area contributed by atoms with Crippen LogP contribution in [0.2, 0.25) is 5.02 Å². The average molecular weight is 387 g/mol. The van der Waals surface area contributed by atoms with Gasteiger partial charge in [-0.3, -0.25) is 4.72 Å². The Hall–Kier alpha value is -2.34. The molecule has 0 bridgehead atoms. The molecule has 3 rings (SSSR count). The van der Waals surface area contributed by atoms with Crippen molar-refractivity contribution in [3.05, 3.63) is 95.0 Å². The lowest BCUT2D eigenvalue weighted by Gasteiger charge is -2.18. The number of nitrogens with two attached hydrogens (primary N) is 1.